The van der Waals surface area contributed by atoms with Crippen LogP contribution in [0.4, 0.5) is 4.39 Å². The normalized spacial score (nSPS) is 10.8. The average molecular weight is 373 g/mol. The summed E-state index contributed by atoms with van der Waals surface area (Å²) in [5, 5.41) is 7.69. The van der Waals surface area contributed by atoms with Crippen LogP contribution in [-0.2, 0) is 0 Å². The van der Waals surface area contributed by atoms with Gasteiger partial charge in [0.25, 0.3) is 5.91 Å². The minimum Gasteiger partial charge on any atom is -0.349 e. The van der Waals surface area contributed by atoms with E-state index >= 15 is 0 Å². The molecule has 0 saturated carbocycles. The van der Waals surface area contributed by atoms with E-state index in [4.69, 9.17) is 11.6 Å². The lowest BCUT2D eigenvalue weighted by atomic mass is 10.2. The number of hydrogen-bond donors (Lipinski definition) is 1. The Balaban J connectivity index is 2.10. The molecule has 26 heavy (non-hydrogen) atoms. The molecule has 0 atom stereocenters. The number of carbonyl (C=O) groups is 1. The Bertz CT molecular complexity index is 937. The molecule has 0 fully saturated rings. The fourth-order valence-corrected chi connectivity index (χ4v) is 2.58. The summed E-state index contributed by atoms with van der Waals surface area (Å²) in [4.78, 5) is 16.6. The molecule has 0 saturated heterocycles. The van der Waals surface area contributed by atoms with Crippen LogP contribution in [0.1, 0.15) is 29.5 Å². The van der Waals surface area contributed by atoms with Crippen LogP contribution in [0, 0.1) is 12.7 Å². The van der Waals surface area contributed by atoms with Crippen LogP contribution in [-0.4, -0.2) is 27.2 Å². The Hall–Kier alpha value is -2.73. The van der Waals surface area contributed by atoms with Crippen LogP contribution >= 0.6 is 11.6 Å². The van der Waals surface area contributed by atoms with Gasteiger partial charge in [0.2, 0.25) is 5.82 Å². The number of aromatic nitrogens is 3. The fraction of sp³-hybridized carbons (Fsp3) is 0.211. The maximum Gasteiger partial charge on any atom is 0.290 e. The van der Waals surface area contributed by atoms with Gasteiger partial charge in [0, 0.05) is 17.1 Å². The van der Waals surface area contributed by atoms with Gasteiger partial charge in [0.05, 0.1) is 5.69 Å². The molecule has 1 aromatic heterocycles. The monoisotopic (exact) mass is 372 g/mol. The van der Waals surface area contributed by atoms with Crippen molar-refractivity contribution in [3.8, 4) is 17.1 Å². The Labute approximate surface area is 155 Å². The van der Waals surface area contributed by atoms with Crippen molar-refractivity contribution in [1.29, 1.82) is 0 Å². The summed E-state index contributed by atoms with van der Waals surface area (Å²) in [5.74, 6) is -0.215. The first-order chi connectivity index (χ1) is 12.5. The van der Waals surface area contributed by atoms with Crippen molar-refractivity contribution in [3.63, 3.8) is 0 Å². The zero-order chi connectivity index (χ0) is 18.7. The predicted molar refractivity (Wildman–Crippen MR) is 99.1 cm³/mol. The van der Waals surface area contributed by atoms with Crippen LogP contribution in [0.2, 0.25) is 5.02 Å². The molecule has 0 aliphatic carbocycles. The highest BCUT2D eigenvalue weighted by atomic mass is 35.5. The molecule has 1 amide bonds. The van der Waals surface area contributed by atoms with E-state index in [9.17, 15) is 9.18 Å². The Morgan fingerprint density at radius 3 is 2.62 bits per heavy atom. The molecule has 5 nitrogen and oxygen atoms in total. The van der Waals surface area contributed by atoms with Crippen LogP contribution in [0.3, 0.4) is 0 Å². The van der Waals surface area contributed by atoms with E-state index < -0.39 is 0 Å². The zero-order valence-electron chi connectivity index (χ0n) is 14.5. The minimum atomic E-state index is -0.354. The van der Waals surface area contributed by atoms with Gasteiger partial charge in [-0.2, -0.15) is 0 Å². The van der Waals surface area contributed by atoms with Gasteiger partial charge in [-0.1, -0.05) is 24.6 Å². The lowest BCUT2D eigenvalue weighted by Gasteiger charge is -2.07. The summed E-state index contributed by atoms with van der Waals surface area (Å²) in [6, 6.07) is 11.3. The summed E-state index contributed by atoms with van der Waals surface area (Å²) in [6.07, 6.45) is 0.810. The largest absolute Gasteiger partial charge is 0.349 e. The molecule has 0 bridgehead atoms. The maximum absolute atomic E-state index is 13.3. The highest BCUT2D eigenvalue weighted by Gasteiger charge is 2.19. The first-order valence-corrected chi connectivity index (χ1v) is 8.65. The zero-order valence-corrected chi connectivity index (χ0v) is 15.2. The highest BCUT2D eigenvalue weighted by Crippen LogP contribution is 2.25. The van der Waals surface area contributed by atoms with Crippen molar-refractivity contribution in [3.05, 3.63) is 64.7 Å². The fourth-order valence-electron chi connectivity index (χ4n) is 2.41. The molecule has 2 aromatic carbocycles. The number of carbonyl (C=O) groups excluding carboxylic acids is 1. The maximum atomic E-state index is 13.3. The van der Waals surface area contributed by atoms with Crippen molar-refractivity contribution in [2.45, 2.75) is 20.3 Å². The first kappa shape index (κ1) is 18.1. The molecule has 1 N–H and O–H groups in total. The van der Waals surface area contributed by atoms with Gasteiger partial charge in [0.15, 0.2) is 5.82 Å². The second kappa shape index (κ2) is 7.66. The van der Waals surface area contributed by atoms with Crippen molar-refractivity contribution in [2.75, 3.05) is 6.54 Å². The first-order valence-electron chi connectivity index (χ1n) is 8.27. The van der Waals surface area contributed by atoms with Crippen LogP contribution in [0.5, 0.6) is 0 Å². The molecule has 134 valence electrons. The molecule has 0 unspecified atom stereocenters. The number of benzene rings is 2. The molecular formula is C19H18ClFN4O. The van der Waals surface area contributed by atoms with E-state index in [-0.39, 0.29) is 17.5 Å². The van der Waals surface area contributed by atoms with Gasteiger partial charge >= 0.3 is 0 Å². The van der Waals surface area contributed by atoms with E-state index in [1.54, 1.807) is 22.9 Å². The number of hydrogen-bond acceptors (Lipinski definition) is 3. The molecule has 0 aliphatic rings. The van der Waals surface area contributed by atoms with Gasteiger partial charge in [-0.15, -0.1) is 5.10 Å². The molecule has 0 spiro atoms. The Morgan fingerprint density at radius 2 is 1.96 bits per heavy atom. The Morgan fingerprint density at radius 1 is 1.23 bits per heavy atom. The summed E-state index contributed by atoms with van der Waals surface area (Å²) in [6.45, 7) is 4.40. The summed E-state index contributed by atoms with van der Waals surface area (Å²) >= 11 is 6.23. The third-order valence-electron chi connectivity index (χ3n) is 3.85. The topological polar surface area (TPSA) is 59.8 Å². The van der Waals surface area contributed by atoms with E-state index in [1.807, 2.05) is 26.0 Å². The highest BCUT2D eigenvalue weighted by molar-refractivity contribution is 6.31. The Kier molecular flexibility index (Phi) is 5.32. The van der Waals surface area contributed by atoms with E-state index in [0.29, 0.717) is 28.6 Å². The van der Waals surface area contributed by atoms with Crippen LogP contribution < -0.4 is 5.32 Å². The van der Waals surface area contributed by atoms with Gasteiger partial charge < -0.3 is 5.32 Å². The smallest absolute Gasteiger partial charge is 0.290 e. The molecule has 7 heteroatoms. The van der Waals surface area contributed by atoms with E-state index in [2.05, 4.69) is 15.4 Å². The van der Waals surface area contributed by atoms with Crippen molar-refractivity contribution in [1.82, 2.24) is 20.1 Å². The lowest BCUT2D eigenvalue weighted by molar-refractivity contribution is 0.0943. The van der Waals surface area contributed by atoms with Gasteiger partial charge in [-0.05, 0) is 55.3 Å². The van der Waals surface area contributed by atoms with Gasteiger partial charge in [-0.25, -0.2) is 14.1 Å². The summed E-state index contributed by atoms with van der Waals surface area (Å²) in [5.41, 5.74) is 2.24. The molecule has 3 rings (SSSR count). The molecular weight excluding hydrogens is 355 g/mol. The standard InChI is InChI=1S/C19H18ClFN4O/c1-3-10-22-19(26)17-23-18(13-5-7-14(21)8-6-13)25(24-17)15-9-4-12(2)16(20)11-15/h4-9,11H,3,10H2,1-2H3,(H,22,26). The average Bonchev–Trinajstić information content (AvgIpc) is 3.08. The predicted octanol–water partition coefficient (Wildman–Crippen LogP) is 4.18. The van der Waals surface area contributed by atoms with Crippen molar-refractivity contribution in [2.24, 2.45) is 0 Å². The van der Waals surface area contributed by atoms with Crippen LogP contribution in [0.15, 0.2) is 42.5 Å². The molecule has 1 heterocycles. The third-order valence-corrected chi connectivity index (χ3v) is 4.26. The number of nitrogens with one attached hydrogen (secondary N) is 1. The second-order valence-corrected chi connectivity index (χ2v) is 6.27. The molecule has 0 radical (unpaired) electrons. The van der Waals surface area contributed by atoms with Gasteiger partial charge in [0.1, 0.15) is 5.82 Å². The molecule has 0 aliphatic heterocycles. The van der Waals surface area contributed by atoms with Crippen molar-refractivity contribution >= 4 is 17.5 Å². The number of rotatable bonds is 5. The van der Waals surface area contributed by atoms with E-state index in [0.717, 1.165) is 12.0 Å². The van der Waals surface area contributed by atoms with Crippen LogP contribution in [0.25, 0.3) is 17.1 Å². The quantitative estimate of drug-likeness (QED) is 0.731. The van der Waals surface area contributed by atoms with Gasteiger partial charge in [-0.3, -0.25) is 4.79 Å². The summed E-state index contributed by atoms with van der Waals surface area (Å²) < 4.78 is 14.8. The summed E-state index contributed by atoms with van der Waals surface area (Å²) in [7, 11) is 0. The number of nitrogens with zero attached hydrogens (tertiary/aromatic N) is 3. The lowest BCUT2D eigenvalue weighted by Crippen LogP contribution is -2.25. The number of halogens is 2. The third kappa shape index (κ3) is 3.75. The number of aryl methyl sites for hydroxylation is 1. The second-order valence-electron chi connectivity index (χ2n) is 5.87. The number of amides is 1. The molecule has 3 aromatic rings. The minimum absolute atomic E-state index is 0.0504. The van der Waals surface area contributed by atoms with Crippen molar-refractivity contribution < 1.29 is 9.18 Å². The SMILES string of the molecule is CCCNC(=O)c1nc(-c2ccc(F)cc2)n(-c2ccc(C)c(Cl)c2)n1. The van der Waals surface area contributed by atoms with E-state index in [1.165, 1.54) is 12.1 Å².